The molecule has 0 aliphatic heterocycles. The minimum atomic E-state index is 0.856. The molecule has 0 saturated heterocycles. The number of rotatable bonds is 4. The van der Waals surface area contributed by atoms with Gasteiger partial charge in [0, 0.05) is 59.2 Å². The number of hydrogen-bond acceptors (Lipinski definition) is 4. The first-order valence-corrected chi connectivity index (χ1v) is 17.7. The average Bonchev–Trinajstić information content (AvgIpc) is 3.86. The molecule has 3 heterocycles. The van der Waals surface area contributed by atoms with E-state index in [1.54, 1.807) is 0 Å². The average molecular weight is 658 g/mol. The number of benzene rings is 8. The van der Waals surface area contributed by atoms with Crippen molar-refractivity contribution in [3.63, 3.8) is 0 Å². The van der Waals surface area contributed by atoms with E-state index in [-0.39, 0.29) is 0 Å². The number of hydrogen-bond donors (Lipinski definition) is 0. The Hall–Kier alpha value is -6.36. The van der Waals surface area contributed by atoms with Crippen LogP contribution in [0, 0.1) is 0 Å². The largest absolute Gasteiger partial charge is 0.456 e. The van der Waals surface area contributed by atoms with E-state index in [9.17, 15) is 0 Å². The van der Waals surface area contributed by atoms with Gasteiger partial charge in [0.15, 0.2) is 0 Å². The summed E-state index contributed by atoms with van der Waals surface area (Å²) >= 11 is 1.86. The maximum absolute atomic E-state index is 6.66. The summed E-state index contributed by atoms with van der Waals surface area (Å²) in [7, 11) is 0. The first-order chi connectivity index (χ1) is 24.8. The van der Waals surface area contributed by atoms with Gasteiger partial charge in [-0.3, -0.25) is 0 Å². The molecular weight excluding hydrogens is 631 g/mol. The molecule has 0 atom stereocenters. The highest BCUT2D eigenvalue weighted by atomic mass is 32.1. The number of thiophene rings is 1. The first kappa shape index (κ1) is 27.6. The Morgan fingerprint density at radius 3 is 2.12 bits per heavy atom. The lowest BCUT2D eigenvalue weighted by molar-refractivity contribution is 0.669. The summed E-state index contributed by atoms with van der Waals surface area (Å²) in [5.41, 5.74) is 9.02. The van der Waals surface area contributed by atoms with Crippen molar-refractivity contribution < 1.29 is 8.83 Å². The van der Waals surface area contributed by atoms with Gasteiger partial charge in [-0.15, -0.1) is 11.3 Å². The quantitative estimate of drug-likeness (QED) is 0.189. The van der Waals surface area contributed by atoms with Crippen LogP contribution in [-0.2, 0) is 0 Å². The molecule has 11 rings (SSSR count). The van der Waals surface area contributed by atoms with Gasteiger partial charge in [0.25, 0.3) is 0 Å². The van der Waals surface area contributed by atoms with Crippen molar-refractivity contribution in [1.82, 2.24) is 0 Å². The van der Waals surface area contributed by atoms with Gasteiger partial charge in [0.2, 0.25) is 0 Å². The number of anilines is 3. The summed E-state index contributed by atoms with van der Waals surface area (Å²) in [6.45, 7) is 0. The van der Waals surface area contributed by atoms with Gasteiger partial charge >= 0.3 is 0 Å². The van der Waals surface area contributed by atoms with Crippen LogP contribution in [0.1, 0.15) is 0 Å². The summed E-state index contributed by atoms with van der Waals surface area (Å²) in [5.74, 6) is 0. The van der Waals surface area contributed by atoms with Gasteiger partial charge < -0.3 is 13.7 Å². The molecule has 234 valence electrons. The van der Waals surface area contributed by atoms with Gasteiger partial charge in [-0.2, -0.15) is 0 Å². The first-order valence-electron chi connectivity index (χ1n) is 16.8. The summed E-state index contributed by atoms with van der Waals surface area (Å²) in [6.07, 6.45) is 0. The number of para-hydroxylation sites is 1. The van der Waals surface area contributed by atoms with Crippen LogP contribution in [0.2, 0.25) is 0 Å². The Bertz CT molecular complexity index is 3130. The second-order valence-corrected chi connectivity index (χ2v) is 13.9. The zero-order valence-corrected chi connectivity index (χ0v) is 27.6. The second-order valence-electron chi connectivity index (χ2n) is 12.9. The fourth-order valence-electron chi connectivity index (χ4n) is 7.79. The third-order valence-corrected chi connectivity index (χ3v) is 11.3. The Balaban J connectivity index is 1.18. The zero-order chi connectivity index (χ0) is 32.8. The van der Waals surface area contributed by atoms with Gasteiger partial charge in [-0.25, -0.2) is 0 Å². The molecule has 0 amide bonds. The molecular formula is C46H27NO2S. The Morgan fingerprint density at radius 1 is 0.440 bits per heavy atom. The Labute approximate surface area is 290 Å². The minimum absolute atomic E-state index is 0.856. The van der Waals surface area contributed by atoms with Crippen LogP contribution in [-0.4, -0.2) is 0 Å². The normalized spacial score (nSPS) is 12.0. The van der Waals surface area contributed by atoms with E-state index in [0.29, 0.717) is 0 Å². The number of furan rings is 2. The summed E-state index contributed by atoms with van der Waals surface area (Å²) in [4.78, 5) is 2.35. The van der Waals surface area contributed by atoms with Crippen LogP contribution < -0.4 is 4.90 Å². The SMILES string of the molecule is c1cc(-c2cccc3c2sc2ccccc23)cc(N(c2ccc3c(c2)oc2ccccc23)c2cccc3oc4c5ccccc5ccc4c23)c1. The molecule has 8 aromatic carbocycles. The fourth-order valence-corrected chi connectivity index (χ4v) is 9.03. The minimum Gasteiger partial charge on any atom is -0.456 e. The third-order valence-electron chi connectivity index (χ3n) is 10.0. The molecule has 50 heavy (non-hydrogen) atoms. The molecule has 3 aromatic heterocycles. The van der Waals surface area contributed by atoms with E-state index < -0.39 is 0 Å². The molecule has 0 fully saturated rings. The van der Waals surface area contributed by atoms with Crippen molar-refractivity contribution in [3.05, 3.63) is 164 Å². The second kappa shape index (κ2) is 10.6. The van der Waals surface area contributed by atoms with Gasteiger partial charge in [0.1, 0.15) is 22.3 Å². The lowest BCUT2D eigenvalue weighted by Crippen LogP contribution is -2.10. The monoisotopic (exact) mass is 657 g/mol. The van der Waals surface area contributed by atoms with E-state index in [0.717, 1.165) is 71.7 Å². The van der Waals surface area contributed by atoms with Crippen LogP contribution in [0.4, 0.5) is 17.1 Å². The van der Waals surface area contributed by atoms with E-state index in [1.165, 1.54) is 31.3 Å². The van der Waals surface area contributed by atoms with Gasteiger partial charge in [-0.1, -0.05) is 103 Å². The van der Waals surface area contributed by atoms with Crippen LogP contribution >= 0.6 is 11.3 Å². The van der Waals surface area contributed by atoms with Crippen molar-refractivity contribution in [2.24, 2.45) is 0 Å². The van der Waals surface area contributed by atoms with E-state index in [4.69, 9.17) is 8.83 Å². The highest BCUT2D eigenvalue weighted by Crippen LogP contribution is 2.47. The van der Waals surface area contributed by atoms with Crippen LogP contribution in [0.15, 0.2) is 173 Å². The van der Waals surface area contributed by atoms with Crippen LogP contribution in [0.3, 0.4) is 0 Å². The predicted octanol–water partition coefficient (Wildman–Crippen LogP) is 14.1. The molecule has 0 aliphatic carbocycles. The lowest BCUT2D eigenvalue weighted by Gasteiger charge is -2.26. The molecule has 0 bridgehead atoms. The molecule has 3 nitrogen and oxygen atoms in total. The highest BCUT2D eigenvalue weighted by Gasteiger charge is 2.22. The summed E-state index contributed by atoms with van der Waals surface area (Å²) in [5, 5.41) is 9.27. The lowest BCUT2D eigenvalue weighted by atomic mass is 10.0. The predicted molar refractivity (Wildman–Crippen MR) is 212 cm³/mol. The van der Waals surface area contributed by atoms with E-state index >= 15 is 0 Å². The molecule has 0 saturated carbocycles. The van der Waals surface area contributed by atoms with Gasteiger partial charge in [-0.05, 0) is 71.1 Å². The Morgan fingerprint density at radius 2 is 1.16 bits per heavy atom. The number of fused-ring (bicyclic) bond motifs is 11. The van der Waals surface area contributed by atoms with Crippen molar-refractivity contribution >= 4 is 103 Å². The summed E-state index contributed by atoms with van der Waals surface area (Å²) < 4.78 is 15.7. The molecule has 0 spiro atoms. The smallest absolute Gasteiger partial charge is 0.143 e. The van der Waals surface area contributed by atoms with E-state index in [1.807, 2.05) is 23.5 Å². The van der Waals surface area contributed by atoms with Crippen molar-refractivity contribution in [2.45, 2.75) is 0 Å². The molecule has 0 radical (unpaired) electrons. The fraction of sp³-hybridized carbons (Fsp3) is 0. The van der Waals surface area contributed by atoms with Crippen molar-refractivity contribution in [3.8, 4) is 11.1 Å². The third kappa shape index (κ3) is 4.03. The zero-order valence-electron chi connectivity index (χ0n) is 26.8. The van der Waals surface area contributed by atoms with Crippen molar-refractivity contribution in [1.29, 1.82) is 0 Å². The van der Waals surface area contributed by atoms with Crippen LogP contribution in [0.5, 0.6) is 0 Å². The van der Waals surface area contributed by atoms with Crippen LogP contribution in [0.25, 0.3) is 85.9 Å². The summed E-state index contributed by atoms with van der Waals surface area (Å²) in [6, 6.07) is 58.3. The topological polar surface area (TPSA) is 29.5 Å². The van der Waals surface area contributed by atoms with Crippen molar-refractivity contribution in [2.75, 3.05) is 4.90 Å². The van der Waals surface area contributed by atoms with Gasteiger partial charge in [0.05, 0.1) is 11.1 Å². The Kier molecular flexibility index (Phi) is 5.83. The van der Waals surface area contributed by atoms with E-state index in [2.05, 4.69) is 157 Å². The molecule has 0 aliphatic rings. The number of nitrogens with zero attached hydrogens (tertiary/aromatic N) is 1. The molecule has 4 heteroatoms. The molecule has 0 N–H and O–H groups in total. The molecule has 0 unspecified atom stereocenters. The maximum Gasteiger partial charge on any atom is 0.143 e. The molecule has 11 aromatic rings. The standard InChI is InChI=1S/C46H27NO2S/c1-2-13-32-28(10-1)22-24-38-44-39(18-9-20-41(44)49-45(32)38)47(31-23-25-35-34-14-3-5-19-40(34)48-42(35)27-31)30-12-7-11-29(26-30)33-16-8-17-37-36-15-4-6-21-43(36)50-46(33)37/h1-27H. The maximum atomic E-state index is 6.66. The highest BCUT2D eigenvalue weighted by molar-refractivity contribution is 7.26.